The average molecular weight is 507 g/mol. The molecule has 1 saturated heterocycles. The summed E-state index contributed by atoms with van der Waals surface area (Å²) in [7, 11) is 0. The van der Waals surface area contributed by atoms with Gasteiger partial charge in [0, 0.05) is 13.0 Å². The van der Waals surface area contributed by atoms with Crippen LogP contribution in [0.15, 0.2) is 0 Å². The van der Waals surface area contributed by atoms with Crippen LogP contribution in [0.2, 0.25) is 0 Å². The molecule has 4 atom stereocenters. The van der Waals surface area contributed by atoms with E-state index < -0.39 is 53.8 Å². The van der Waals surface area contributed by atoms with Gasteiger partial charge in [0.25, 0.3) is 0 Å². The standard InChI is InChI=1S/C20H34N4O7S2/c1-32-10-7-13(17(27)23-14(20(30)31)8-11-33-2)22-18(28)15-4-3-9-24(15)19(29)12(21)5-6-16(25)26/h12-15H,3-11,21H2,1-2H3,(H,22,28)(H,23,27)(H,25,26)(H,30,31). The first-order valence-corrected chi connectivity index (χ1v) is 13.5. The Kier molecular flexibility index (Phi) is 13.2. The van der Waals surface area contributed by atoms with Crippen molar-refractivity contribution in [2.75, 3.05) is 30.6 Å². The SMILES string of the molecule is CSCCC(NC(=O)C(CCSC)NC(=O)C1CCCN1C(=O)C(N)CCC(=O)O)C(=O)O. The molecule has 33 heavy (non-hydrogen) atoms. The van der Waals surface area contributed by atoms with Crippen molar-refractivity contribution in [1.29, 1.82) is 0 Å². The van der Waals surface area contributed by atoms with Crippen molar-refractivity contribution in [2.24, 2.45) is 5.73 Å². The summed E-state index contributed by atoms with van der Waals surface area (Å²) in [5.74, 6) is -2.68. The van der Waals surface area contributed by atoms with E-state index in [1.54, 1.807) is 0 Å². The number of nitrogens with one attached hydrogen (secondary N) is 2. The molecule has 3 amide bonds. The minimum atomic E-state index is -1.14. The lowest BCUT2D eigenvalue weighted by Crippen LogP contribution is -2.56. The van der Waals surface area contributed by atoms with E-state index in [-0.39, 0.29) is 19.3 Å². The fourth-order valence-corrected chi connectivity index (χ4v) is 4.40. The van der Waals surface area contributed by atoms with Crippen LogP contribution in [0.1, 0.15) is 38.5 Å². The third-order valence-electron chi connectivity index (χ3n) is 5.29. The van der Waals surface area contributed by atoms with E-state index in [4.69, 9.17) is 10.8 Å². The van der Waals surface area contributed by atoms with Gasteiger partial charge >= 0.3 is 11.9 Å². The molecule has 11 nitrogen and oxygen atoms in total. The van der Waals surface area contributed by atoms with E-state index >= 15 is 0 Å². The number of rotatable bonds is 15. The van der Waals surface area contributed by atoms with Gasteiger partial charge in [-0.25, -0.2) is 4.79 Å². The molecule has 1 aliphatic heterocycles. The first kappa shape index (κ1) is 29.0. The smallest absolute Gasteiger partial charge is 0.326 e. The molecule has 0 aromatic heterocycles. The number of hydrogen-bond donors (Lipinski definition) is 5. The highest BCUT2D eigenvalue weighted by Gasteiger charge is 2.37. The van der Waals surface area contributed by atoms with Gasteiger partial charge in [0.15, 0.2) is 0 Å². The third kappa shape index (κ3) is 9.80. The van der Waals surface area contributed by atoms with Crippen LogP contribution in [0, 0.1) is 0 Å². The van der Waals surface area contributed by atoms with Gasteiger partial charge in [0.05, 0.1) is 6.04 Å². The Balaban J connectivity index is 2.85. The largest absolute Gasteiger partial charge is 0.481 e. The number of hydrogen-bond acceptors (Lipinski definition) is 8. The van der Waals surface area contributed by atoms with Crippen molar-refractivity contribution in [2.45, 2.75) is 62.7 Å². The van der Waals surface area contributed by atoms with Crippen molar-refractivity contribution in [3.8, 4) is 0 Å². The molecule has 0 aliphatic carbocycles. The van der Waals surface area contributed by atoms with Crippen LogP contribution >= 0.6 is 23.5 Å². The Hall–Kier alpha value is -1.99. The summed E-state index contributed by atoms with van der Waals surface area (Å²) >= 11 is 2.95. The Morgan fingerprint density at radius 1 is 1.00 bits per heavy atom. The number of carbonyl (C=O) groups excluding carboxylic acids is 3. The lowest BCUT2D eigenvalue weighted by molar-refractivity contribution is -0.143. The van der Waals surface area contributed by atoms with Gasteiger partial charge in [-0.2, -0.15) is 23.5 Å². The van der Waals surface area contributed by atoms with E-state index in [1.807, 2.05) is 12.5 Å². The quantitative estimate of drug-likeness (QED) is 0.198. The number of carbonyl (C=O) groups is 5. The summed E-state index contributed by atoms with van der Waals surface area (Å²) in [6.07, 6.45) is 4.92. The summed E-state index contributed by atoms with van der Waals surface area (Å²) in [5, 5.41) is 23.4. The molecule has 188 valence electrons. The fourth-order valence-electron chi connectivity index (χ4n) is 3.46. The molecular weight excluding hydrogens is 472 g/mol. The Labute approximate surface area is 202 Å². The number of carboxylic acid groups (broad SMARTS) is 2. The van der Waals surface area contributed by atoms with Gasteiger partial charge in [-0.05, 0) is 56.1 Å². The van der Waals surface area contributed by atoms with Crippen LogP contribution in [0.3, 0.4) is 0 Å². The Morgan fingerprint density at radius 2 is 1.61 bits per heavy atom. The maximum Gasteiger partial charge on any atom is 0.326 e. The van der Waals surface area contributed by atoms with Gasteiger partial charge in [-0.15, -0.1) is 0 Å². The number of likely N-dealkylation sites (tertiary alicyclic amines) is 1. The zero-order chi connectivity index (χ0) is 25.0. The summed E-state index contributed by atoms with van der Waals surface area (Å²) < 4.78 is 0. The minimum absolute atomic E-state index is 0.0373. The van der Waals surface area contributed by atoms with Gasteiger partial charge in [-0.3, -0.25) is 19.2 Å². The topological polar surface area (TPSA) is 179 Å². The van der Waals surface area contributed by atoms with Crippen LogP contribution in [0.25, 0.3) is 0 Å². The molecule has 0 bridgehead atoms. The van der Waals surface area contributed by atoms with Crippen LogP contribution in [-0.4, -0.2) is 99.5 Å². The number of nitrogens with zero attached hydrogens (tertiary/aromatic N) is 1. The highest BCUT2D eigenvalue weighted by Crippen LogP contribution is 2.20. The number of thioether (sulfide) groups is 2. The van der Waals surface area contributed by atoms with E-state index in [9.17, 15) is 29.1 Å². The first-order valence-electron chi connectivity index (χ1n) is 10.7. The fraction of sp³-hybridized carbons (Fsp3) is 0.750. The van der Waals surface area contributed by atoms with Crippen molar-refractivity contribution >= 4 is 53.2 Å². The zero-order valence-corrected chi connectivity index (χ0v) is 20.6. The van der Waals surface area contributed by atoms with Crippen LogP contribution in [0.5, 0.6) is 0 Å². The number of nitrogens with two attached hydrogens (primary N) is 1. The summed E-state index contributed by atoms with van der Waals surface area (Å²) in [6.45, 7) is 0.315. The first-order chi connectivity index (χ1) is 15.6. The monoisotopic (exact) mass is 506 g/mol. The normalized spacial score (nSPS) is 18.3. The molecule has 0 aromatic carbocycles. The van der Waals surface area contributed by atoms with E-state index in [0.717, 1.165) is 0 Å². The lowest BCUT2D eigenvalue weighted by atomic mass is 10.1. The second-order valence-corrected chi connectivity index (χ2v) is 9.72. The molecule has 1 aliphatic rings. The van der Waals surface area contributed by atoms with Crippen LogP contribution in [0.4, 0.5) is 0 Å². The Morgan fingerprint density at radius 3 is 2.15 bits per heavy atom. The molecule has 13 heteroatoms. The molecular formula is C20H34N4O7S2. The predicted molar refractivity (Wildman–Crippen MR) is 127 cm³/mol. The molecule has 1 rings (SSSR count). The van der Waals surface area contributed by atoms with Crippen LogP contribution in [-0.2, 0) is 24.0 Å². The van der Waals surface area contributed by atoms with E-state index in [2.05, 4.69) is 10.6 Å². The second kappa shape index (κ2) is 15.0. The molecule has 0 saturated carbocycles. The lowest BCUT2D eigenvalue weighted by Gasteiger charge is -2.28. The summed E-state index contributed by atoms with van der Waals surface area (Å²) in [4.78, 5) is 62.0. The van der Waals surface area contributed by atoms with Crippen molar-refractivity contribution in [1.82, 2.24) is 15.5 Å². The Bertz CT molecular complexity index is 710. The van der Waals surface area contributed by atoms with E-state index in [0.29, 0.717) is 37.3 Å². The van der Waals surface area contributed by atoms with Gasteiger partial charge in [0.2, 0.25) is 17.7 Å². The average Bonchev–Trinajstić information content (AvgIpc) is 3.26. The van der Waals surface area contributed by atoms with Gasteiger partial charge in [-0.1, -0.05) is 0 Å². The maximum atomic E-state index is 13.0. The predicted octanol–water partition coefficient (Wildman–Crippen LogP) is -0.270. The van der Waals surface area contributed by atoms with E-state index in [1.165, 1.54) is 28.4 Å². The number of amides is 3. The highest BCUT2D eigenvalue weighted by atomic mass is 32.2. The molecule has 1 fully saturated rings. The number of carboxylic acids is 2. The number of aliphatic carboxylic acids is 2. The third-order valence-corrected chi connectivity index (χ3v) is 6.58. The molecule has 4 unspecified atom stereocenters. The van der Waals surface area contributed by atoms with Crippen molar-refractivity contribution in [3.05, 3.63) is 0 Å². The highest BCUT2D eigenvalue weighted by molar-refractivity contribution is 7.98. The van der Waals surface area contributed by atoms with Gasteiger partial charge in [0.1, 0.15) is 18.1 Å². The molecule has 0 radical (unpaired) electrons. The molecule has 1 heterocycles. The van der Waals surface area contributed by atoms with Crippen molar-refractivity contribution in [3.63, 3.8) is 0 Å². The maximum absolute atomic E-state index is 13.0. The summed E-state index contributed by atoms with van der Waals surface area (Å²) in [6, 6.07) is -3.85. The minimum Gasteiger partial charge on any atom is -0.481 e. The van der Waals surface area contributed by atoms with Gasteiger partial charge < -0.3 is 31.5 Å². The van der Waals surface area contributed by atoms with Crippen LogP contribution < -0.4 is 16.4 Å². The molecule has 6 N–H and O–H groups in total. The van der Waals surface area contributed by atoms with Crippen molar-refractivity contribution < 1.29 is 34.2 Å². The summed E-state index contributed by atoms with van der Waals surface area (Å²) in [5.41, 5.74) is 5.84. The second-order valence-electron chi connectivity index (χ2n) is 7.75. The molecule has 0 aromatic rings. The molecule has 0 spiro atoms. The zero-order valence-electron chi connectivity index (χ0n) is 19.0.